The zero-order valence-electron chi connectivity index (χ0n) is 12.5. The van der Waals surface area contributed by atoms with Crippen LogP contribution in [0.25, 0.3) is 0 Å². The van der Waals surface area contributed by atoms with Crippen LogP contribution in [0.2, 0.25) is 0 Å². The van der Waals surface area contributed by atoms with Crippen LogP contribution in [0.1, 0.15) is 59.8 Å². The lowest BCUT2D eigenvalue weighted by Crippen LogP contribution is -2.35. The average molecular weight is 254 g/mol. The van der Waals surface area contributed by atoms with Gasteiger partial charge in [-0.1, -0.05) is 27.7 Å². The van der Waals surface area contributed by atoms with Gasteiger partial charge < -0.3 is 11.1 Å². The molecule has 2 atom stereocenters. The first-order chi connectivity index (χ1) is 8.32. The molecule has 3 N–H and O–H groups in total. The molecular weight excluding hydrogens is 224 g/mol. The van der Waals surface area contributed by atoms with Crippen LogP contribution in [0.4, 0.5) is 0 Å². The fraction of sp³-hybridized carbons (Fsp3) is 0.933. The Hall–Kier alpha value is -0.570. The maximum absolute atomic E-state index is 12.0. The van der Waals surface area contributed by atoms with Crippen molar-refractivity contribution in [1.82, 2.24) is 5.32 Å². The van der Waals surface area contributed by atoms with Crippen molar-refractivity contribution in [2.75, 3.05) is 6.54 Å². The average Bonchev–Trinajstić information content (AvgIpc) is 2.56. The van der Waals surface area contributed by atoms with Crippen molar-refractivity contribution < 1.29 is 4.79 Å². The molecule has 0 saturated heterocycles. The van der Waals surface area contributed by atoms with Gasteiger partial charge in [-0.15, -0.1) is 0 Å². The molecular formula is C15H30N2O. The lowest BCUT2D eigenvalue weighted by Gasteiger charge is -2.20. The Morgan fingerprint density at radius 3 is 2.56 bits per heavy atom. The van der Waals surface area contributed by atoms with Crippen LogP contribution in [-0.2, 0) is 4.79 Å². The van der Waals surface area contributed by atoms with E-state index >= 15 is 0 Å². The van der Waals surface area contributed by atoms with Crippen LogP contribution < -0.4 is 11.1 Å². The van der Waals surface area contributed by atoms with E-state index in [2.05, 4.69) is 33.0 Å². The zero-order valence-corrected chi connectivity index (χ0v) is 12.5. The second-order valence-electron chi connectivity index (χ2n) is 7.11. The summed E-state index contributed by atoms with van der Waals surface area (Å²) in [6, 6.07) is 0.380. The first-order valence-electron chi connectivity index (χ1n) is 7.32. The Morgan fingerprint density at radius 1 is 1.44 bits per heavy atom. The highest BCUT2D eigenvalue weighted by Crippen LogP contribution is 2.36. The van der Waals surface area contributed by atoms with E-state index in [-0.39, 0.29) is 5.91 Å². The van der Waals surface area contributed by atoms with Crippen molar-refractivity contribution in [1.29, 1.82) is 0 Å². The summed E-state index contributed by atoms with van der Waals surface area (Å²) in [5, 5.41) is 3.18. The molecule has 1 aliphatic carbocycles. The van der Waals surface area contributed by atoms with E-state index in [1.165, 1.54) is 6.42 Å². The van der Waals surface area contributed by atoms with Crippen molar-refractivity contribution in [3.63, 3.8) is 0 Å². The fourth-order valence-corrected chi connectivity index (χ4v) is 3.04. The van der Waals surface area contributed by atoms with Gasteiger partial charge in [0.2, 0.25) is 5.91 Å². The summed E-state index contributed by atoms with van der Waals surface area (Å²) >= 11 is 0. The number of hydrogen-bond donors (Lipinski definition) is 2. The standard InChI is InChI=1S/C15H30N2O/c1-11(2)7-12(10-16)8-14(18)17-13-5-6-15(3,4)9-13/h11-13H,5-10,16H2,1-4H3,(H,17,18)/t12-,13?/m0/s1. The molecule has 0 aromatic heterocycles. The topological polar surface area (TPSA) is 55.1 Å². The predicted octanol–water partition coefficient (Wildman–Crippen LogP) is 2.69. The molecule has 3 heteroatoms. The number of rotatable bonds is 6. The summed E-state index contributed by atoms with van der Waals surface area (Å²) in [4.78, 5) is 12.0. The van der Waals surface area contributed by atoms with E-state index in [0.29, 0.717) is 36.3 Å². The maximum atomic E-state index is 12.0. The third kappa shape index (κ3) is 5.38. The Bertz CT molecular complexity index is 268. The minimum absolute atomic E-state index is 0.189. The molecule has 0 heterocycles. The van der Waals surface area contributed by atoms with E-state index in [1.54, 1.807) is 0 Å². The summed E-state index contributed by atoms with van der Waals surface area (Å²) in [6.45, 7) is 9.53. The van der Waals surface area contributed by atoms with Crippen LogP contribution in [0.5, 0.6) is 0 Å². The largest absolute Gasteiger partial charge is 0.353 e. The number of nitrogens with two attached hydrogens (primary N) is 1. The molecule has 106 valence electrons. The van der Waals surface area contributed by atoms with Crippen LogP contribution in [-0.4, -0.2) is 18.5 Å². The number of carbonyl (C=O) groups excluding carboxylic acids is 1. The third-order valence-electron chi connectivity index (χ3n) is 3.95. The van der Waals surface area contributed by atoms with Crippen molar-refractivity contribution in [3.05, 3.63) is 0 Å². The lowest BCUT2D eigenvalue weighted by molar-refractivity contribution is -0.122. The Morgan fingerprint density at radius 2 is 2.11 bits per heavy atom. The van der Waals surface area contributed by atoms with Gasteiger partial charge in [0, 0.05) is 12.5 Å². The quantitative estimate of drug-likeness (QED) is 0.765. The van der Waals surface area contributed by atoms with Crippen molar-refractivity contribution in [2.45, 2.75) is 65.8 Å². The van der Waals surface area contributed by atoms with Crippen LogP contribution in [0.15, 0.2) is 0 Å². The number of nitrogens with one attached hydrogen (secondary N) is 1. The first kappa shape index (κ1) is 15.5. The van der Waals surface area contributed by atoms with E-state index in [9.17, 15) is 4.79 Å². The highest BCUT2D eigenvalue weighted by molar-refractivity contribution is 5.76. The van der Waals surface area contributed by atoms with Crippen molar-refractivity contribution in [2.24, 2.45) is 23.0 Å². The molecule has 0 aromatic rings. The SMILES string of the molecule is CC(C)C[C@H](CN)CC(=O)NC1CCC(C)(C)C1. The van der Waals surface area contributed by atoms with Gasteiger partial charge in [-0.25, -0.2) is 0 Å². The lowest BCUT2D eigenvalue weighted by atomic mass is 9.91. The molecule has 1 aliphatic rings. The van der Waals surface area contributed by atoms with Gasteiger partial charge in [0.15, 0.2) is 0 Å². The van der Waals surface area contributed by atoms with Crippen molar-refractivity contribution in [3.8, 4) is 0 Å². The van der Waals surface area contributed by atoms with Gasteiger partial charge in [0.1, 0.15) is 0 Å². The molecule has 1 fully saturated rings. The van der Waals surface area contributed by atoms with Crippen LogP contribution in [0, 0.1) is 17.3 Å². The monoisotopic (exact) mass is 254 g/mol. The maximum Gasteiger partial charge on any atom is 0.220 e. The summed E-state index contributed by atoms with van der Waals surface area (Å²) < 4.78 is 0. The molecule has 0 aromatic carbocycles. The molecule has 1 unspecified atom stereocenters. The van der Waals surface area contributed by atoms with Gasteiger partial charge in [-0.3, -0.25) is 4.79 Å². The van der Waals surface area contributed by atoms with Gasteiger partial charge >= 0.3 is 0 Å². The minimum atomic E-state index is 0.189. The Kier molecular flexibility index (Phi) is 5.64. The van der Waals surface area contributed by atoms with E-state index in [1.807, 2.05) is 0 Å². The molecule has 3 nitrogen and oxygen atoms in total. The number of amides is 1. The molecule has 0 spiro atoms. The molecule has 1 amide bonds. The van der Waals surface area contributed by atoms with Gasteiger partial charge in [0.25, 0.3) is 0 Å². The molecule has 0 bridgehead atoms. The van der Waals surface area contributed by atoms with E-state index < -0.39 is 0 Å². The Labute approximate surface area is 112 Å². The van der Waals surface area contributed by atoms with Crippen LogP contribution >= 0.6 is 0 Å². The summed E-state index contributed by atoms with van der Waals surface area (Å²) in [5.74, 6) is 1.13. The molecule has 0 aliphatic heterocycles. The summed E-state index contributed by atoms with van der Waals surface area (Å²) in [7, 11) is 0. The molecule has 0 radical (unpaired) electrons. The normalized spacial score (nSPS) is 24.2. The Balaban J connectivity index is 2.32. The second kappa shape index (κ2) is 6.55. The van der Waals surface area contributed by atoms with E-state index in [4.69, 9.17) is 5.73 Å². The molecule has 18 heavy (non-hydrogen) atoms. The van der Waals surface area contributed by atoms with Gasteiger partial charge in [-0.2, -0.15) is 0 Å². The fourth-order valence-electron chi connectivity index (χ4n) is 3.04. The first-order valence-corrected chi connectivity index (χ1v) is 7.32. The number of hydrogen-bond acceptors (Lipinski definition) is 2. The third-order valence-corrected chi connectivity index (χ3v) is 3.95. The van der Waals surface area contributed by atoms with E-state index in [0.717, 1.165) is 19.3 Å². The highest BCUT2D eigenvalue weighted by Gasteiger charge is 2.31. The predicted molar refractivity (Wildman–Crippen MR) is 76.2 cm³/mol. The van der Waals surface area contributed by atoms with Gasteiger partial charge in [0.05, 0.1) is 0 Å². The minimum Gasteiger partial charge on any atom is -0.353 e. The van der Waals surface area contributed by atoms with Crippen molar-refractivity contribution >= 4 is 5.91 Å². The van der Waals surface area contributed by atoms with Gasteiger partial charge in [-0.05, 0) is 49.5 Å². The smallest absolute Gasteiger partial charge is 0.220 e. The summed E-state index contributed by atoms with van der Waals surface area (Å²) in [5.41, 5.74) is 6.13. The second-order valence-corrected chi connectivity index (χ2v) is 7.11. The molecule has 1 rings (SSSR count). The highest BCUT2D eigenvalue weighted by atomic mass is 16.1. The number of carbonyl (C=O) groups is 1. The molecule has 1 saturated carbocycles. The summed E-state index contributed by atoms with van der Waals surface area (Å²) in [6.07, 6.45) is 5.07. The van der Waals surface area contributed by atoms with Crippen LogP contribution in [0.3, 0.4) is 0 Å². The zero-order chi connectivity index (χ0) is 13.8.